The Morgan fingerprint density at radius 2 is 1.24 bits per heavy atom. The Morgan fingerprint density at radius 1 is 0.857 bits per heavy atom. The van der Waals surface area contributed by atoms with Crippen molar-refractivity contribution >= 4 is 11.6 Å². The van der Waals surface area contributed by atoms with Crippen LogP contribution >= 0.6 is 0 Å². The Balaban J connectivity index is 3.29. The zero-order valence-corrected chi connectivity index (χ0v) is 10.9. The fraction of sp³-hybridized carbons (Fsp3) is 0.385. The molecule has 0 aliphatic carbocycles. The highest BCUT2D eigenvalue weighted by Crippen LogP contribution is 2.25. The molecule has 1 unspecified atom stereocenters. The predicted octanol–water partition coefficient (Wildman–Crippen LogP) is 3.52. The van der Waals surface area contributed by atoms with Gasteiger partial charge in [-0.1, -0.05) is 13.8 Å². The predicted molar refractivity (Wildman–Crippen MR) is 59.9 cm³/mol. The molecule has 1 rings (SSSR count). The Labute approximate surface area is 115 Å². The molecule has 0 fully saturated rings. The maximum Gasteiger partial charge on any atom is 0.221 e. The van der Waals surface area contributed by atoms with E-state index >= 15 is 0 Å². The summed E-state index contributed by atoms with van der Waals surface area (Å²) in [5.74, 6) is -15.9. The molecule has 0 aliphatic heterocycles. The van der Waals surface area contributed by atoms with E-state index < -0.39 is 58.8 Å². The summed E-state index contributed by atoms with van der Waals surface area (Å²) in [5, 5.41) is 0. The number of hydrogen-bond donors (Lipinski definition) is 0. The highest BCUT2D eigenvalue weighted by molar-refractivity contribution is 6.13. The summed E-state index contributed by atoms with van der Waals surface area (Å²) in [6.45, 7) is 3.04. The normalized spacial score (nSPS) is 12.6. The zero-order valence-electron chi connectivity index (χ0n) is 10.9. The minimum atomic E-state index is -2.99. The number of halogens is 6. The van der Waals surface area contributed by atoms with Crippen molar-refractivity contribution < 1.29 is 35.9 Å². The molecule has 2 nitrogen and oxygen atoms in total. The molecule has 1 aromatic carbocycles. The summed E-state index contributed by atoms with van der Waals surface area (Å²) in [7, 11) is 0. The number of hydrogen-bond acceptors (Lipinski definition) is 2. The van der Waals surface area contributed by atoms with Gasteiger partial charge in [0.25, 0.3) is 0 Å². The Hall–Kier alpha value is -1.86. The molecule has 0 amide bonds. The standard InChI is InChI=1S/C13H10F6O2/c1-4(2)3-5(20)7(14)13(21)6-8(15)10(17)12(19)11(18)9(6)16/h4,7H,3H2,1-2H3. The summed E-state index contributed by atoms with van der Waals surface area (Å²) in [5.41, 5.74) is -1.95. The Morgan fingerprint density at radius 3 is 1.62 bits per heavy atom. The first-order valence-electron chi connectivity index (χ1n) is 5.82. The van der Waals surface area contributed by atoms with E-state index in [1.165, 1.54) is 13.8 Å². The molecule has 0 heterocycles. The minimum Gasteiger partial charge on any atom is -0.296 e. The number of alkyl halides is 1. The van der Waals surface area contributed by atoms with Crippen LogP contribution in [0.3, 0.4) is 0 Å². The van der Waals surface area contributed by atoms with Gasteiger partial charge in [0, 0.05) is 6.42 Å². The third kappa shape index (κ3) is 3.25. The first-order valence-corrected chi connectivity index (χ1v) is 5.82. The third-order valence-electron chi connectivity index (χ3n) is 2.58. The van der Waals surface area contributed by atoms with Gasteiger partial charge in [-0.2, -0.15) is 0 Å². The van der Waals surface area contributed by atoms with Gasteiger partial charge in [0.15, 0.2) is 29.1 Å². The molecule has 0 N–H and O–H groups in total. The molecule has 1 aromatic rings. The summed E-state index contributed by atoms with van der Waals surface area (Å²) in [6.07, 6.45) is -3.40. The molecule has 0 saturated heterocycles. The molecule has 0 aromatic heterocycles. The first-order chi connectivity index (χ1) is 9.59. The van der Waals surface area contributed by atoms with Crippen LogP contribution in [0, 0.1) is 35.0 Å². The molecule has 0 radical (unpaired) electrons. The van der Waals surface area contributed by atoms with Gasteiger partial charge in [-0.05, 0) is 5.92 Å². The van der Waals surface area contributed by atoms with Crippen LogP contribution in [0.4, 0.5) is 26.3 Å². The van der Waals surface area contributed by atoms with Gasteiger partial charge in [-0.25, -0.2) is 26.3 Å². The van der Waals surface area contributed by atoms with E-state index in [0.29, 0.717) is 0 Å². The molecule has 116 valence electrons. The second-order valence-corrected chi connectivity index (χ2v) is 4.74. The summed E-state index contributed by atoms with van der Waals surface area (Å²) < 4.78 is 78.9. The van der Waals surface area contributed by atoms with E-state index in [1.807, 2.05) is 0 Å². The van der Waals surface area contributed by atoms with Crippen molar-refractivity contribution in [2.45, 2.75) is 26.4 Å². The molecule has 0 spiro atoms. The number of carbonyl (C=O) groups is 2. The average molecular weight is 312 g/mol. The van der Waals surface area contributed by atoms with E-state index in [4.69, 9.17) is 0 Å². The van der Waals surface area contributed by atoms with Crippen LogP contribution in [-0.4, -0.2) is 17.7 Å². The first kappa shape index (κ1) is 17.2. The van der Waals surface area contributed by atoms with E-state index in [2.05, 4.69) is 0 Å². The van der Waals surface area contributed by atoms with Crippen LogP contribution in [-0.2, 0) is 4.79 Å². The second kappa shape index (κ2) is 6.28. The van der Waals surface area contributed by atoms with Crippen LogP contribution in [0.1, 0.15) is 30.6 Å². The zero-order chi connectivity index (χ0) is 16.5. The van der Waals surface area contributed by atoms with Crippen molar-refractivity contribution in [2.24, 2.45) is 5.92 Å². The van der Waals surface area contributed by atoms with Crippen molar-refractivity contribution in [3.8, 4) is 0 Å². The maximum absolute atomic E-state index is 13.6. The van der Waals surface area contributed by atoms with Crippen LogP contribution in [0.2, 0.25) is 0 Å². The fourth-order valence-electron chi connectivity index (χ4n) is 1.60. The lowest BCUT2D eigenvalue weighted by atomic mass is 9.97. The Kier molecular flexibility index (Phi) is 5.14. The molecule has 1 atom stereocenters. The summed E-state index contributed by atoms with van der Waals surface area (Å²) in [6, 6.07) is 0. The van der Waals surface area contributed by atoms with Crippen molar-refractivity contribution in [2.75, 3.05) is 0 Å². The molecular formula is C13H10F6O2. The van der Waals surface area contributed by atoms with Crippen LogP contribution in [0.25, 0.3) is 0 Å². The SMILES string of the molecule is CC(C)CC(=O)C(F)C(=O)c1c(F)c(F)c(F)c(F)c1F. The van der Waals surface area contributed by atoms with Gasteiger partial charge < -0.3 is 0 Å². The van der Waals surface area contributed by atoms with Gasteiger partial charge in [0.1, 0.15) is 0 Å². The number of rotatable bonds is 5. The van der Waals surface area contributed by atoms with Gasteiger partial charge >= 0.3 is 0 Å². The maximum atomic E-state index is 13.6. The van der Waals surface area contributed by atoms with Gasteiger partial charge in [-0.15, -0.1) is 0 Å². The van der Waals surface area contributed by atoms with Crippen LogP contribution < -0.4 is 0 Å². The second-order valence-electron chi connectivity index (χ2n) is 4.74. The van der Waals surface area contributed by atoms with Crippen molar-refractivity contribution in [3.63, 3.8) is 0 Å². The largest absolute Gasteiger partial charge is 0.296 e. The number of ketones is 2. The van der Waals surface area contributed by atoms with E-state index in [-0.39, 0.29) is 5.92 Å². The lowest BCUT2D eigenvalue weighted by Crippen LogP contribution is -2.29. The number of Topliss-reactive ketones (excluding diaryl/α,β-unsaturated/α-hetero) is 2. The van der Waals surface area contributed by atoms with Gasteiger partial charge in [0.05, 0.1) is 5.56 Å². The fourth-order valence-corrected chi connectivity index (χ4v) is 1.60. The lowest BCUT2D eigenvalue weighted by molar-refractivity contribution is -0.122. The van der Waals surface area contributed by atoms with E-state index in [0.717, 1.165) is 0 Å². The minimum absolute atomic E-state index is 0.347. The van der Waals surface area contributed by atoms with Crippen molar-refractivity contribution in [1.29, 1.82) is 0 Å². The lowest BCUT2D eigenvalue weighted by Gasteiger charge is -2.11. The topological polar surface area (TPSA) is 34.1 Å². The summed E-state index contributed by atoms with van der Waals surface area (Å²) >= 11 is 0. The smallest absolute Gasteiger partial charge is 0.221 e. The van der Waals surface area contributed by atoms with Crippen LogP contribution in [0.5, 0.6) is 0 Å². The number of benzene rings is 1. The quantitative estimate of drug-likeness (QED) is 0.274. The highest BCUT2D eigenvalue weighted by Gasteiger charge is 2.36. The molecule has 0 saturated carbocycles. The van der Waals surface area contributed by atoms with Crippen LogP contribution in [0.15, 0.2) is 0 Å². The van der Waals surface area contributed by atoms with E-state index in [1.54, 1.807) is 0 Å². The third-order valence-corrected chi connectivity index (χ3v) is 2.58. The molecular weight excluding hydrogens is 302 g/mol. The molecule has 21 heavy (non-hydrogen) atoms. The monoisotopic (exact) mass is 312 g/mol. The molecule has 0 bridgehead atoms. The van der Waals surface area contributed by atoms with Gasteiger partial charge in [0.2, 0.25) is 17.8 Å². The summed E-state index contributed by atoms with van der Waals surface area (Å²) in [4.78, 5) is 22.8. The molecule has 0 aliphatic rings. The average Bonchev–Trinajstić information content (AvgIpc) is 2.41. The van der Waals surface area contributed by atoms with Crippen molar-refractivity contribution in [3.05, 3.63) is 34.6 Å². The van der Waals surface area contributed by atoms with E-state index in [9.17, 15) is 35.9 Å². The molecule has 8 heteroatoms. The van der Waals surface area contributed by atoms with Gasteiger partial charge in [-0.3, -0.25) is 9.59 Å². The Bertz CT molecular complexity index is 568. The van der Waals surface area contributed by atoms with Crippen molar-refractivity contribution in [1.82, 2.24) is 0 Å². The number of carbonyl (C=O) groups excluding carboxylic acids is 2. The highest BCUT2D eigenvalue weighted by atomic mass is 19.2.